The Morgan fingerprint density at radius 1 is 0.896 bits per heavy atom. The molecule has 0 aromatic heterocycles. The third kappa shape index (κ3) is 8.78. The Kier molecular flexibility index (Phi) is 12.2. The lowest BCUT2D eigenvalue weighted by Gasteiger charge is -2.43. The molecule has 0 radical (unpaired) electrons. The Hall–Kier alpha value is -2.98. The van der Waals surface area contributed by atoms with Crippen molar-refractivity contribution in [3.63, 3.8) is 0 Å². The number of nitrogens with one attached hydrogen (secondary N) is 1. The number of ether oxygens (including phenoxy) is 2. The standard InChI is InChI=1S/C38H41Cl3N2O5/c1-24-33(22-43(3)25(2)34(45)28-9-5-4-6-10-28)47-36(48-35(24)29-15-13-26(23-44)14-16-29)30-19-17-27(18-20-30)32-12-8-7-11-31(32)21-42-37(46)38(39,40)41/h4-20,24-25,33-36,44-45H,21-23H2,1-3H3,(H,42,46)/t24-,25-,33+,34-,35+,36+/m0/s1. The number of rotatable bonds is 11. The second-order valence-corrected chi connectivity index (χ2v) is 14.6. The fourth-order valence-corrected chi connectivity index (χ4v) is 6.20. The van der Waals surface area contributed by atoms with Crippen LogP contribution < -0.4 is 5.32 Å². The lowest BCUT2D eigenvalue weighted by atomic mass is 9.89. The van der Waals surface area contributed by atoms with Crippen LogP contribution in [0.5, 0.6) is 0 Å². The number of halogens is 3. The van der Waals surface area contributed by atoms with Gasteiger partial charge in [-0.1, -0.05) is 145 Å². The van der Waals surface area contributed by atoms with Crippen molar-refractivity contribution in [3.8, 4) is 11.1 Å². The molecule has 10 heteroatoms. The van der Waals surface area contributed by atoms with E-state index >= 15 is 0 Å². The lowest BCUT2D eigenvalue weighted by molar-refractivity contribution is -0.276. The van der Waals surface area contributed by atoms with Gasteiger partial charge in [0.05, 0.1) is 24.9 Å². The first-order chi connectivity index (χ1) is 23.0. The summed E-state index contributed by atoms with van der Waals surface area (Å²) in [7, 11) is 2.00. The van der Waals surface area contributed by atoms with Crippen molar-refractivity contribution < 1.29 is 24.5 Å². The van der Waals surface area contributed by atoms with Crippen LogP contribution in [0.3, 0.4) is 0 Å². The van der Waals surface area contributed by atoms with E-state index in [9.17, 15) is 15.0 Å². The van der Waals surface area contributed by atoms with Crippen molar-refractivity contribution in [3.05, 3.63) is 131 Å². The topological polar surface area (TPSA) is 91.3 Å². The number of benzene rings is 4. The minimum Gasteiger partial charge on any atom is -0.392 e. The Labute approximate surface area is 297 Å². The zero-order valence-electron chi connectivity index (χ0n) is 27.1. The highest BCUT2D eigenvalue weighted by Crippen LogP contribution is 2.42. The average molecular weight is 712 g/mol. The highest BCUT2D eigenvalue weighted by molar-refractivity contribution is 6.76. The van der Waals surface area contributed by atoms with Crippen molar-refractivity contribution in [2.45, 2.75) is 61.4 Å². The maximum Gasteiger partial charge on any atom is 0.272 e. The Balaban J connectivity index is 1.38. The fraction of sp³-hybridized carbons (Fsp3) is 0.342. The second-order valence-electron chi connectivity index (χ2n) is 12.3. The van der Waals surface area contributed by atoms with Crippen LogP contribution in [0.25, 0.3) is 11.1 Å². The minimum atomic E-state index is -2.04. The summed E-state index contributed by atoms with van der Waals surface area (Å²) < 4.78 is 11.3. The number of aliphatic hydroxyl groups excluding tert-OH is 2. The van der Waals surface area contributed by atoms with E-state index in [1.165, 1.54) is 0 Å². The zero-order chi connectivity index (χ0) is 34.4. The van der Waals surface area contributed by atoms with E-state index < -0.39 is 22.1 Å². The third-order valence-corrected chi connectivity index (χ3v) is 9.61. The van der Waals surface area contributed by atoms with E-state index in [0.29, 0.717) is 6.54 Å². The summed E-state index contributed by atoms with van der Waals surface area (Å²) >= 11 is 17.2. The van der Waals surface area contributed by atoms with Gasteiger partial charge in [-0.05, 0) is 47.4 Å². The molecule has 4 aromatic rings. The average Bonchev–Trinajstić information content (AvgIpc) is 3.11. The van der Waals surface area contributed by atoms with Crippen molar-refractivity contribution in [1.29, 1.82) is 0 Å². The number of amides is 1. The molecule has 1 amide bonds. The van der Waals surface area contributed by atoms with Crippen molar-refractivity contribution in [1.82, 2.24) is 10.2 Å². The molecule has 4 aromatic carbocycles. The van der Waals surface area contributed by atoms with Gasteiger partial charge >= 0.3 is 0 Å². The first kappa shape index (κ1) is 36.3. The largest absolute Gasteiger partial charge is 0.392 e. The number of nitrogens with zero attached hydrogens (tertiary/aromatic N) is 1. The molecule has 1 heterocycles. The summed E-state index contributed by atoms with van der Waals surface area (Å²) in [4.78, 5) is 14.3. The molecule has 0 saturated carbocycles. The number of likely N-dealkylation sites (N-methyl/N-ethyl adjacent to an activating group) is 1. The molecule has 1 aliphatic rings. The molecule has 0 aliphatic carbocycles. The van der Waals surface area contributed by atoms with Crippen LogP contribution in [0, 0.1) is 5.92 Å². The maximum absolute atomic E-state index is 12.2. The molecular formula is C38H41Cl3N2O5. The van der Waals surface area contributed by atoms with E-state index in [2.05, 4.69) is 17.1 Å². The molecule has 0 bridgehead atoms. The second kappa shape index (κ2) is 16.2. The Morgan fingerprint density at radius 2 is 1.52 bits per heavy atom. The summed E-state index contributed by atoms with van der Waals surface area (Å²) in [6, 6.07) is 33.0. The van der Waals surface area contributed by atoms with Crippen LogP contribution in [0.1, 0.15) is 60.2 Å². The van der Waals surface area contributed by atoms with Gasteiger partial charge in [0, 0.05) is 30.6 Å². The van der Waals surface area contributed by atoms with Gasteiger partial charge in [0.25, 0.3) is 9.70 Å². The molecule has 7 nitrogen and oxygen atoms in total. The molecule has 254 valence electrons. The van der Waals surface area contributed by atoms with Gasteiger partial charge in [0.1, 0.15) is 0 Å². The molecule has 1 saturated heterocycles. The summed E-state index contributed by atoms with van der Waals surface area (Å²) in [6.45, 7) is 4.88. The van der Waals surface area contributed by atoms with E-state index in [1.807, 2.05) is 117 Å². The number of aliphatic hydroxyl groups is 2. The number of hydrogen-bond donors (Lipinski definition) is 3. The molecule has 48 heavy (non-hydrogen) atoms. The third-order valence-electron chi connectivity index (χ3n) is 9.09. The van der Waals surface area contributed by atoms with Gasteiger partial charge in [-0.25, -0.2) is 0 Å². The highest BCUT2D eigenvalue weighted by atomic mass is 35.6. The van der Waals surface area contributed by atoms with Crippen molar-refractivity contribution >= 4 is 40.7 Å². The van der Waals surface area contributed by atoms with E-state index in [0.717, 1.165) is 38.9 Å². The predicted molar refractivity (Wildman–Crippen MR) is 190 cm³/mol. The van der Waals surface area contributed by atoms with Gasteiger partial charge in [-0.2, -0.15) is 0 Å². The first-order valence-corrected chi connectivity index (χ1v) is 17.1. The molecular weight excluding hydrogens is 671 g/mol. The van der Waals surface area contributed by atoms with Gasteiger partial charge in [-0.15, -0.1) is 0 Å². The van der Waals surface area contributed by atoms with Gasteiger partial charge < -0.3 is 25.0 Å². The normalized spacial score (nSPS) is 21.1. The van der Waals surface area contributed by atoms with Crippen LogP contribution >= 0.6 is 34.8 Å². The highest BCUT2D eigenvalue weighted by Gasteiger charge is 2.39. The molecule has 0 spiro atoms. The maximum atomic E-state index is 12.2. The lowest BCUT2D eigenvalue weighted by Crippen LogP contribution is -2.46. The monoisotopic (exact) mass is 710 g/mol. The van der Waals surface area contributed by atoms with Gasteiger partial charge in [0.15, 0.2) is 6.29 Å². The minimum absolute atomic E-state index is 0.0150. The predicted octanol–water partition coefficient (Wildman–Crippen LogP) is 7.68. The number of alkyl halides is 3. The zero-order valence-corrected chi connectivity index (χ0v) is 29.4. The van der Waals surface area contributed by atoms with Crippen molar-refractivity contribution in [2.75, 3.05) is 13.6 Å². The molecule has 3 N–H and O–H groups in total. The number of carbonyl (C=O) groups is 1. The number of carbonyl (C=O) groups excluding carboxylic acids is 1. The Morgan fingerprint density at radius 3 is 2.17 bits per heavy atom. The quantitative estimate of drug-likeness (QED) is 0.138. The van der Waals surface area contributed by atoms with Gasteiger partial charge in [0.2, 0.25) is 0 Å². The molecule has 5 rings (SSSR count). The summed E-state index contributed by atoms with van der Waals surface area (Å²) in [5.74, 6) is -0.706. The SMILES string of the molecule is C[C@H]1[C@@H](CN(C)[C@@H](C)[C@H](O)c2ccccc2)O[C@@H](c2ccc(-c3ccccc3CNC(=O)C(Cl)(Cl)Cl)cc2)O[C@H]1c1ccc(CO)cc1. The Bertz CT molecular complexity index is 1630. The first-order valence-electron chi connectivity index (χ1n) is 15.9. The summed E-state index contributed by atoms with van der Waals surface area (Å²) in [5.41, 5.74) is 6.30. The summed E-state index contributed by atoms with van der Waals surface area (Å²) in [5, 5.41) is 23.4. The van der Waals surface area contributed by atoms with Crippen LogP contribution in [-0.4, -0.2) is 50.6 Å². The van der Waals surface area contributed by atoms with E-state index in [4.69, 9.17) is 44.3 Å². The molecule has 1 aliphatic heterocycles. The smallest absolute Gasteiger partial charge is 0.272 e. The van der Waals surface area contributed by atoms with Crippen LogP contribution in [-0.2, 0) is 27.4 Å². The molecule has 0 unspecified atom stereocenters. The van der Waals surface area contributed by atoms with Crippen LogP contribution in [0.4, 0.5) is 0 Å². The van der Waals surface area contributed by atoms with Crippen LogP contribution in [0.15, 0.2) is 103 Å². The fourth-order valence-electron chi connectivity index (χ4n) is 6.00. The number of hydrogen-bond acceptors (Lipinski definition) is 6. The van der Waals surface area contributed by atoms with Crippen LogP contribution in [0.2, 0.25) is 0 Å². The van der Waals surface area contributed by atoms with E-state index in [1.54, 1.807) is 0 Å². The summed E-state index contributed by atoms with van der Waals surface area (Å²) in [6.07, 6.45) is -1.80. The van der Waals surface area contributed by atoms with E-state index in [-0.39, 0.29) is 37.3 Å². The van der Waals surface area contributed by atoms with Gasteiger partial charge in [-0.3, -0.25) is 9.69 Å². The molecule has 6 atom stereocenters. The molecule has 1 fully saturated rings. The van der Waals surface area contributed by atoms with Crippen molar-refractivity contribution in [2.24, 2.45) is 5.92 Å².